The molecule has 1 N–H and O–H groups in total. The van der Waals surface area contributed by atoms with Crippen molar-refractivity contribution in [3.63, 3.8) is 0 Å². The smallest absolute Gasteiger partial charge is 0.414 e. The zero-order valence-electron chi connectivity index (χ0n) is 23.7. The van der Waals surface area contributed by atoms with E-state index in [1.807, 2.05) is 30.3 Å². The lowest BCUT2D eigenvalue weighted by atomic mass is 9.86. The highest BCUT2D eigenvalue weighted by Gasteiger charge is 2.24. The topological polar surface area (TPSA) is 108 Å². The Hall–Kier alpha value is -4.90. The first-order valence-electron chi connectivity index (χ1n) is 14.4. The van der Waals surface area contributed by atoms with Crippen LogP contribution in [0.4, 0.5) is 10.5 Å². The van der Waals surface area contributed by atoms with Crippen LogP contribution in [0.2, 0.25) is 0 Å². The molecule has 0 radical (unpaired) electrons. The van der Waals surface area contributed by atoms with Crippen molar-refractivity contribution in [1.82, 2.24) is 10.3 Å². The van der Waals surface area contributed by atoms with Gasteiger partial charge in [0.2, 0.25) is 5.89 Å². The van der Waals surface area contributed by atoms with Gasteiger partial charge in [0.05, 0.1) is 18.2 Å². The predicted octanol–water partition coefficient (Wildman–Crippen LogP) is 7.06. The van der Waals surface area contributed by atoms with Crippen LogP contribution in [-0.4, -0.2) is 36.7 Å². The van der Waals surface area contributed by atoms with Gasteiger partial charge < -0.3 is 14.5 Å². The van der Waals surface area contributed by atoms with Crippen LogP contribution in [0.3, 0.4) is 0 Å². The van der Waals surface area contributed by atoms with Gasteiger partial charge in [0, 0.05) is 28.9 Å². The maximum absolute atomic E-state index is 12.9. The Balaban J connectivity index is 1.05. The Morgan fingerprint density at radius 2 is 1.88 bits per heavy atom. The lowest BCUT2D eigenvalue weighted by Crippen LogP contribution is -2.29. The van der Waals surface area contributed by atoms with Crippen LogP contribution in [0.5, 0.6) is 0 Å². The van der Waals surface area contributed by atoms with Gasteiger partial charge in [-0.1, -0.05) is 32.1 Å². The van der Waals surface area contributed by atoms with Crippen molar-refractivity contribution in [3.8, 4) is 17.5 Å². The molecule has 2 heterocycles. The summed E-state index contributed by atoms with van der Waals surface area (Å²) in [5, 5.41) is 12.5. The first-order valence-corrected chi connectivity index (χ1v) is 14.4. The Labute approximate surface area is 244 Å². The molecule has 1 saturated heterocycles. The van der Waals surface area contributed by atoms with Gasteiger partial charge in [0.15, 0.2) is 5.58 Å². The number of hydrogen-bond acceptors (Lipinski definition) is 6. The molecule has 3 aromatic carbocycles. The zero-order chi connectivity index (χ0) is 29.2. The summed E-state index contributed by atoms with van der Waals surface area (Å²) in [7, 11) is 0. The van der Waals surface area contributed by atoms with E-state index < -0.39 is 0 Å². The van der Waals surface area contributed by atoms with E-state index >= 15 is 0 Å². The highest BCUT2D eigenvalue weighted by Crippen LogP contribution is 2.33. The number of carbonyl (C=O) groups excluding carboxylic acids is 2. The number of nitriles is 1. The van der Waals surface area contributed by atoms with Crippen molar-refractivity contribution in [2.45, 2.75) is 39.0 Å². The number of nitrogens with zero attached hydrogens (tertiary/aromatic N) is 3. The van der Waals surface area contributed by atoms with Crippen molar-refractivity contribution in [3.05, 3.63) is 89.0 Å². The standard InChI is InChI=1S/C34H32N4O4/c1-21(2)29-17-23(19-35)18-30-31(29)42-33(37-30)27-9-7-26(8-10-27)32(39)36-20-22-3-5-24(6-4-22)25-11-13-28(14-12-25)38-15-16-41-34(38)40/h5,7-14,17-18,21-22H,3-4,6,15-16,20H2,1-2H3,(H,36,39)/t22-/m0/s1. The number of ether oxygens (including phenoxy) is 1. The van der Waals surface area contributed by atoms with Gasteiger partial charge in [0.25, 0.3) is 5.91 Å². The first-order chi connectivity index (χ1) is 20.4. The predicted molar refractivity (Wildman–Crippen MR) is 161 cm³/mol. The third kappa shape index (κ3) is 5.51. The van der Waals surface area contributed by atoms with Crippen LogP contribution in [0.1, 0.15) is 66.1 Å². The molecule has 1 aliphatic heterocycles. The SMILES string of the molecule is CC(C)c1cc(C#N)cc2nc(-c3ccc(C(=O)NC[C@H]4CC=C(c5ccc(N6CCOC6=O)cc5)CC4)cc3)oc12. The number of rotatable bonds is 7. The Bertz CT molecular complexity index is 1710. The molecule has 42 heavy (non-hydrogen) atoms. The summed E-state index contributed by atoms with van der Waals surface area (Å²) in [6, 6.07) is 21.1. The van der Waals surface area contributed by atoms with Gasteiger partial charge in [-0.05, 0) is 90.8 Å². The fourth-order valence-corrected chi connectivity index (χ4v) is 5.60. The molecule has 212 valence electrons. The molecule has 0 spiro atoms. The zero-order valence-corrected chi connectivity index (χ0v) is 23.7. The minimum absolute atomic E-state index is 0.106. The summed E-state index contributed by atoms with van der Waals surface area (Å²) in [4.78, 5) is 30.9. The highest BCUT2D eigenvalue weighted by molar-refractivity contribution is 5.94. The van der Waals surface area contributed by atoms with Gasteiger partial charge in [-0.3, -0.25) is 9.69 Å². The number of oxazole rings is 1. The van der Waals surface area contributed by atoms with Gasteiger partial charge >= 0.3 is 6.09 Å². The average molecular weight is 561 g/mol. The molecule has 0 saturated carbocycles. The van der Waals surface area contributed by atoms with Gasteiger partial charge in [-0.2, -0.15) is 5.26 Å². The number of hydrogen-bond donors (Lipinski definition) is 1. The number of amides is 2. The molecule has 8 nitrogen and oxygen atoms in total. The molecule has 0 unspecified atom stereocenters. The second-order valence-electron chi connectivity index (χ2n) is 11.2. The monoisotopic (exact) mass is 560 g/mol. The largest absolute Gasteiger partial charge is 0.447 e. The quantitative estimate of drug-likeness (QED) is 0.259. The molecule has 2 aliphatic rings. The summed E-state index contributed by atoms with van der Waals surface area (Å²) in [6.07, 6.45) is 4.81. The van der Waals surface area contributed by atoms with Crippen LogP contribution in [0.15, 0.2) is 71.2 Å². The van der Waals surface area contributed by atoms with E-state index in [-0.39, 0.29) is 17.9 Å². The molecule has 6 rings (SSSR count). The number of aromatic nitrogens is 1. The summed E-state index contributed by atoms with van der Waals surface area (Å²) >= 11 is 0. The maximum atomic E-state index is 12.9. The second-order valence-corrected chi connectivity index (χ2v) is 11.2. The Kier molecular flexibility index (Phi) is 7.49. The van der Waals surface area contributed by atoms with Crippen molar-refractivity contribution < 1.29 is 18.7 Å². The summed E-state index contributed by atoms with van der Waals surface area (Å²) in [5.74, 6) is 0.926. The van der Waals surface area contributed by atoms with Gasteiger partial charge in [-0.25, -0.2) is 9.78 Å². The Morgan fingerprint density at radius 1 is 1.12 bits per heavy atom. The molecular formula is C34H32N4O4. The lowest BCUT2D eigenvalue weighted by Gasteiger charge is -2.23. The van der Waals surface area contributed by atoms with Gasteiger partial charge in [-0.15, -0.1) is 0 Å². The van der Waals surface area contributed by atoms with E-state index in [9.17, 15) is 14.9 Å². The number of fused-ring (bicyclic) bond motifs is 1. The number of carbonyl (C=O) groups is 2. The van der Waals surface area contributed by atoms with Crippen molar-refractivity contribution in [2.24, 2.45) is 5.92 Å². The van der Waals surface area contributed by atoms with E-state index in [1.165, 1.54) is 11.1 Å². The van der Waals surface area contributed by atoms with E-state index in [1.54, 1.807) is 23.1 Å². The minimum atomic E-state index is -0.292. The average Bonchev–Trinajstić information content (AvgIpc) is 3.66. The highest BCUT2D eigenvalue weighted by atomic mass is 16.6. The maximum Gasteiger partial charge on any atom is 0.414 e. The van der Waals surface area contributed by atoms with Crippen LogP contribution in [0, 0.1) is 17.2 Å². The van der Waals surface area contributed by atoms with Crippen molar-refractivity contribution in [1.29, 1.82) is 5.26 Å². The number of allylic oxidation sites excluding steroid dienone is 2. The molecule has 2 amide bonds. The molecule has 8 heteroatoms. The van der Waals surface area contributed by atoms with E-state index in [4.69, 9.17) is 9.15 Å². The minimum Gasteiger partial charge on any atom is -0.447 e. The third-order valence-corrected chi connectivity index (χ3v) is 8.05. The molecule has 0 bridgehead atoms. The van der Waals surface area contributed by atoms with Crippen molar-refractivity contribution >= 4 is 34.4 Å². The van der Waals surface area contributed by atoms with Crippen LogP contribution >= 0.6 is 0 Å². The fraction of sp³-hybridized carbons (Fsp3) is 0.294. The fourth-order valence-electron chi connectivity index (χ4n) is 5.60. The summed E-state index contributed by atoms with van der Waals surface area (Å²) < 4.78 is 11.1. The van der Waals surface area contributed by atoms with E-state index in [2.05, 4.69) is 48.4 Å². The number of nitrogens with one attached hydrogen (secondary N) is 1. The summed E-state index contributed by atoms with van der Waals surface area (Å²) in [6.45, 7) is 5.75. The summed E-state index contributed by atoms with van der Waals surface area (Å²) in [5.41, 5.74) is 7.53. The number of benzene rings is 3. The molecule has 4 aromatic rings. The molecular weight excluding hydrogens is 528 g/mol. The molecule has 1 aliphatic carbocycles. The number of anilines is 1. The van der Waals surface area contributed by atoms with E-state index in [0.29, 0.717) is 53.7 Å². The molecule has 1 aromatic heterocycles. The van der Waals surface area contributed by atoms with Crippen LogP contribution in [-0.2, 0) is 4.74 Å². The van der Waals surface area contributed by atoms with E-state index in [0.717, 1.165) is 36.1 Å². The van der Waals surface area contributed by atoms with Crippen LogP contribution < -0.4 is 10.2 Å². The lowest BCUT2D eigenvalue weighted by molar-refractivity contribution is 0.0946. The molecule has 1 atom stereocenters. The van der Waals surface area contributed by atoms with Gasteiger partial charge in [0.1, 0.15) is 12.1 Å². The normalized spacial score (nSPS) is 16.8. The van der Waals surface area contributed by atoms with Crippen molar-refractivity contribution in [2.75, 3.05) is 24.6 Å². The second kappa shape index (κ2) is 11.5. The molecule has 1 fully saturated rings. The third-order valence-electron chi connectivity index (χ3n) is 8.05. The first kappa shape index (κ1) is 27.3. The van der Waals surface area contributed by atoms with Crippen LogP contribution in [0.25, 0.3) is 28.1 Å². The number of cyclic esters (lactones) is 1. The Morgan fingerprint density at radius 3 is 2.52 bits per heavy atom.